The molecule has 0 spiro atoms. The molecule has 10 heteroatoms. The zero-order valence-corrected chi connectivity index (χ0v) is 15.9. The van der Waals surface area contributed by atoms with Crippen LogP contribution in [-0.2, 0) is 35.7 Å². The summed E-state index contributed by atoms with van der Waals surface area (Å²) in [5.74, 6) is -1.87. The van der Waals surface area contributed by atoms with Gasteiger partial charge in [0.2, 0.25) is 0 Å². The summed E-state index contributed by atoms with van der Waals surface area (Å²) in [7, 11) is -3.31. The molecule has 1 atom stereocenters. The first-order valence-corrected chi connectivity index (χ1v) is 10.8. The van der Waals surface area contributed by atoms with Crippen molar-refractivity contribution in [3.63, 3.8) is 0 Å². The summed E-state index contributed by atoms with van der Waals surface area (Å²) in [5.41, 5.74) is 1.47. The van der Waals surface area contributed by atoms with E-state index in [4.69, 9.17) is 4.74 Å². The molecule has 2 aliphatic rings. The van der Waals surface area contributed by atoms with Crippen molar-refractivity contribution in [2.45, 2.75) is 30.5 Å². The predicted molar refractivity (Wildman–Crippen MR) is 101 cm³/mol. The minimum absolute atomic E-state index is 0.0824. The number of aromatic nitrogens is 2. The van der Waals surface area contributed by atoms with E-state index in [1.165, 1.54) is 4.68 Å². The third-order valence-electron chi connectivity index (χ3n) is 4.74. The second-order valence-electron chi connectivity index (χ2n) is 6.85. The topological polar surface area (TPSA) is 119 Å². The number of para-hydroxylation sites is 1. The highest BCUT2D eigenvalue weighted by Crippen LogP contribution is 2.32. The fourth-order valence-electron chi connectivity index (χ4n) is 3.38. The summed E-state index contributed by atoms with van der Waals surface area (Å²) in [5, 5.41) is 9.45. The Labute approximate surface area is 162 Å². The van der Waals surface area contributed by atoms with Crippen LogP contribution in [0.15, 0.2) is 30.3 Å². The van der Waals surface area contributed by atoms with E-state index in [2.05, 4.69) is 15.7 Å². The number of nitrogens with one attached hydrogen (secondary N) is 2. The number of hydrogen-bond acceptors (Lipinski definition) is 6. The van der Waals surface area contributed by atoms with Gasteiger partial charge in [-0.3, -0.25) is 9.59 Å². The molecule has 148 valence electrons. The van der Waals surface area contributed by atoms with Gasteiger partial charge in [0, 0.05) is 18.7 Å². The lowest BCUT2D eigenvalue weighted by atomic mass is 10.2. The minimum Gasteiger partial charge on any atom is -0.376 e. The van der Waals surface area contributed by atoms with Crippen LogP contribution in [0, 0.1) is 0 Å². The number of anilines is 1. The van der Waals surface area contributed by atoms with Gasteiger partial charge in [-0.1, -0.05) is 18.2 Å². The van der Waals surface area contributed by atoms with Gasteiger partial charge in [0.1, 0.15) is 5.82 Å². The molecule has 0 radical (unpaired) electrons. The zero-order chi connectivity index (χ0) is 19.7. The van der Waals surface area contributed by atoms with Gasteiger partial charge in [0.05, 0.1) is 29.0 Å². The monoisotopic (exact) mass is 404 g/mol. The molecule has 4 rings (SSSR count). The molecular formula is C18H20N4O5S. The lowest BCUT2D eigenvalue weighted by Crippen LogP contribution is -2.39. The molecule has 1 aromatic carbocycles. The van der Waals surface area contributed by atoms with Gasteiger partial charge in [-0.15, -0.1) is 0 Å². The van der Waals surface area contributed by atoms with Crippen LogP contribution in [0.1, 0.15) is 24.1 Å². The van der Waals surface area contributed by atoms with Crippen molar-refractivity contribution in [3.8, 4) is 5.69 Å². The summed E-state index contributed by atoms with van der Waals surface area (Å²) in [4.78, 5) is 24.6. The lowest BCUT2D eigenvalue weighted by molar-refractivity contribution is -0.136. The van der Waals surface area contributed by atoms with Crippen LogP contribution in [-0.4, -0.2) is 49.3 Å². The quantitative estimate of drug-likeness (QED) is 0.718. The summed E-state index contributed by atoms with van der Waals surface area (Å²) < 4.78 is 30.8. The Morgan fingerprint density at radius 2 is 1.96 bits per heavy atom. The third-order valence-corrected chi connectivity index (χ3v) is 6.18. The van der Waals surface area contributed by atoms with Crippen molar-refractivity contribution in [1.29, 1.82) is 0 Å². The standard InChI is InChI=1S/C18H20N4O5S/c23-17(19-9-13-7-4-8-27-13)18(24)20-16-14-10-28(25,26)11-15(14)21-22(16)12-5-2-1-3-6-12/h1-3,5-6,13H,4,7-11H2,(H,19,23)(H,20,24)/t13-/m1/s1. The molecule has 3 heterocycles. The predicted octanol–water partition coefficient (Wildman–Crippen LogP) is 0.534. The molecule has 2 aliphatic heterocycles. The molecule has 0 aliphatic carbocycles. The van der Waals surface area contributed by atoms with Crippen molar-refractivity contribution in [2.75, 3.05) is 18.5 Å². The van der Waals surface area contributed by atoms with Crippen molar-refractivity contribution < 1.29 is 22.7 Å². The first kappa shape index (κ1) is 18.6. The van der Waals surface area contributed by atoms with E-state index in [0.29, 0.717) is 23.6 Å². The first-order valence-electron chi connectivity index (χ1n) is 9.00. The fourth-order valence-corrected chi connectivity index (χ4v) is 4.88. The molecule has 1 fully saturated rings. The van der Waals surface area contributed by atoms with Crippen LogP contribution in [0.5, 0.6) is 0 Å². The molecule has 0 unspecified atom stereocenters. The van der Waals surface area contributed by atoms with Gasteiger partial charge in [0.15, 0.2) is 9.84 Å². The fraction of sp³-hybridized carbons (Fsp3) is 0.389. The Morgan fingerprint density at radius 1 is 1.18 bits per heavy atom. The Hall–Kier alpha value is -2.72. The summed E-state index contributed by atoms with van der Waals surface area (Å²) in [6.07, 6.45) is 1.69. The van der Waals surface area contributed by atoms with E-state index in [-0.39, 0.29) is 30.0 Å². The molecule has 2 amide bonds. The molecule has 0 saturated carbocycles. The molecule has 28 heavy (non-hydrogen) atoms. The molecular weight excluding hydrogens is 384 g/mol. The van der Waals surface area contributed by atoms with E-state index in [0.717, 1.165) is 12.8 Å². The number of hydrogen-bond donors (Lipinski definition) is 2. The van der Waals surface area contributed by atoms with Gasteiger partial charge in [-0.05, 0) is 25.0 Å². The Balaban J connectivity index is 1.56. The van der Waals surface area contributed by atoms with Crippen molar-refractivity contribution in [1.82, 2.24) is 15.1 Å². The number of sulfone groups is 1. The first-order chi connectivity index (χ1) is 13.4. The SMILES string of the molecule is O=C(NC[C@H]1CCCO1)C(=O)Nc1c2c(nn1-c1ccccc1)CS(=O)(=O)C2. The lowest BCUT2D eigenvalue weighted by Gasteiger charge is -2.12. The Morgan fingerprint density at radius 3 is 2.68 bits per heavy atom. The van der Waals surface area contributed by atoms with Crippen LogP contribution < -0.4 is 10.6 Å². The van der Waals surface area contributed by atoms with Gasteiger partial charge >= 0.3 is 11.8 Å². The molecule has 1 aromatic heterocycles. The maximum atomic E-state index is 12.4. The number of rotatable bonds is 4. The highest BCUT2D eigenvalue weighted by molar-refractivity contribution is 7.90. The third kappa shape index (κ3) is 3.78. The number of amides is 2. The van der Waals surface area contributed by atoms with Gasteiger partial charge in [-0.25, -0.2) is 13.1 Å². The number of carbonyl (C=O) groups is 2. The number of ether oxygens (including phenoxy) is 1. The van der Waals surface area contributed by atoms with E-state index in [1.54, 1.807) is 24.3 Å². The van der Waals surface area contributed by atoms with Crippen LogP contribution in [0.3, 0.4) is 0 Å². The van der Waals surface area contributed by atoms with Crippen molar-refractivity contribution in [2.24, 2.45) is 0 Å². The van der Waals surface area contributed by atoms with E-state index < -0.39 is 21.7 Å². The molecule has 9 nitrogen and oxygen atoms in total. The summed E-state index contributed by atoms with van der Waals surface area (Å²) in [6, 6.07) is 9.01. The van der Waals surface area contributed by atoms with Crippen LogP contribution in [0.25, 0.3) is 5.69 Å². The second-order valence-corrected chi connectivity index (χ2v) is 8.92. The summed E-state index contributed by atoms with van der Waals surface area (Å²) in [6.45, 7) is 0.917. The van der Waals surface area contributed by atoms with Crippen molar-refractivity contribution in [3.05, 3.63) is 41.6 Å². The van der Waals surface area contributed by atoms with Crippen LogP contribution in [0.4, 0.5) is 5.82 Å². The maximum absolute atomic E-state index is 12.4. The molecule has 2 N–H and O–H groups in total. The number of fused-ring (bicyclic) bond motifs is 1. The minimum atomic E-state index is -3.31. The van der Waals surface area contributed by atoms with Gasteiger partial charge < -0.3 is 15.4 Å². The second kappa shape index (κ2) is 7.36. The van der Waals surface area contributed by atoms with Gasteiger partial charge in [0.25, 0.3) is 0 Å². The van der Waals surface area contributed by atoms with E-state index in [9.17, 15) is 18.0 Å². The smallest absolute Gasteiger partial charge is 0.314 e. The molecule has 1 saturated heterocycles. The average molecular weight is 404 g/mol. The summed E-state index contributed by atoms with van der Waals surface area (Å²) >= 11 is 0. The van der Waals surface area contributed by atoms with E-state index in [1.807, 2.05) is 6.07 Å². The van der Waals surface area contributed by atoms with Gasteiger partial charge in [-0.2, -0.15) is 5.10 Å². The van der Waals surface area contributed by atoms with E-state index >= 15 is 0 Å². The van der Waals surface area contributed by atoms with Crippen LogP contribution >= 0.6 is 0 Å². The molecule has 0 bridgehead atoms. The number of carbonyl (C=O) groups excluding carboxylic acids is 2. The normalized spacial score (nSPS) is 19.9. The molecule has 2 aromatic rings. The van der Waals surface area contributed by atoms with Crippen molar-refractivity contribution >= 4 is 27.5 Å². The average Bonchev–Trinajstić information content (AvgIpc) is 3.36. The largest absolute Gasteiger partial charge is 0.376 e. The highest BCUT2D eigenvalue weighted by Gasteiger charge is 2.34. The number of nitrogens with zero attached hydrogens (tertiary/aromatic N) is 2. The zero-order valence-electron chi connectivity index (χ0n) is 15.1. The van der Waals surface area contributed by atoms with Crippen LogP contribution in [0.2, 0.25) is 0 Å². The Kier molecular flexibility index (Phi) is 4.90. The number of benzene rings is 1. The Bertz CT molecular complexity index is 1010. The maximum Gasteiger partial charge on any atom is 0.314 e. The highest BCUT2D eigenvalue weighted by atomic mass is 32.2.